The van der Waals surface area contributed by atoms with Crippen LogP contribution in [0.4, 0.5) is 0 Å². The van der Waals surface area contributed by atoms with E-state index in [1.165, 1.54) is 12.2 Å². The van der Waals surface area contributed by atoms with Gasteiger partial charge in [-0.15, -0.1) is 0 Å². The lowest BCUT2D eigenvalue weighted by Gasteiger charge is -2.06. The zero-order valence-electron chi connectivity index (χ0n) is 8.49. The number of hydrogen-bond acceptors (Lipinski definition) is 3. The Balaban J connectivity index is 3.17. The van der Waals surface area contributed by atoms with Gasteiger partial charge in [-0.1, -0.05) is 25.4 Å². The Kier molecular flexibility index (Phi) is 7.99. The minimum absolute atomic E-state index is 0.337. The van der Waals surface area contributed by atoms with E-state index in [0.29, 0.717) is 12.3 Å². The quantitative estimate of drug-likeness (QED) is 0.220. The highest BCUT2D eigenvalue weighted by Gasteiger charge is 1.99. The van der Waals surface area contributed by atoms with E-state index in [1.54, 1.807) is 0 Å². The van der Waals surface area contributed by atoms with Crippen LogP contribution < -0.4 is 5.73 Å². The summed E-state index contributed by atoms with van der Waals surface area (Å²) in [6.07, 6.45) is 2.94. The molecule has 0 rings (SSSR count). The Morgan fingerprint density at radius 2 is 2.31 bits per heavy atom. The fourth-order valence-electron chi connectivity index (χ4n) is 0.808. The minimum atomic E-state index is 0.337. The third kappa shape index (κ3) is 7.96. The maximum absolute atomic E-state index is 8.27. The average molecular weight is 204 g/mol. The van der Waals surface area contributed by atoms with Gasteiger partial charge in [0.2, 0.25) is 0 Å². The summed E-state index contributed by atoms with van der Waals surface area (Å²) in [6, 6.07) is 0. The lowest BCUT2D eigenvalue weighted by molar-refractivity contribution is 0.317. The third-order valence-electron chi connectivity index (χ3n) is 1.95. The molecule has 0 aromatic carbocycles. The first-order valence-corrected chi connectivity index (χ1v) is 5.90. The fraction of sp³-hybridized carbons (Fsp3) is 0.889. The molecule has 0 bridgehead atoms. The van der Waals surface area contributed by atoms with Crippen LogP contribution in [-0.2, 0) is 0 Å². The van der Waals surface area contributed by atoms with Crippen molar-refractivity contribution in [1.82, 2.24) is 0 Å². The molecule has 1 atom stereocenters. The summed E-state index contributed by atoms with van der Waals surface area (Å²) >= 11 is 1.95. The van der Waals surface area contributed by atoms with Crippen LogP contribution in [0, 0.1) is 5.92 Å². The van der Waals surface area contributed by atoms with E-state index < -0.39 is 0 Å². The zero-order valence-corrected chi connectivity index (χ0v) is 9.31. The third-order valence-corrected chi connectivity index (χ3v) is 3.33. The van der Waals surface area contributed by atoms with E-state index >= 15 is 0 Å². The van der Waals surface area contributed by atoms with Crippen molar-refractivity contribution < 1.29 is 5.21 Å². The number of oxime groups is 1. The number of amidine groups is 1. The maximum atomic E-state index is 8.27. The van der Waals surface area contributed by atoms with Crippen molar-refractivity contribution >= 4 is 17.6 Å². The summed E-state index contributed by atoms with van der Waals surface area (Å²) < 4.78 is 0. The Hall–Kier alpha value is -0.380. The number of nitrogens with two attached hydrogens (primary N) is 1. The minimum Gasteiger partial charge on any atom is -0.409 e. The SMILES string of the molecule is CCC(C)CSCCCC(N)=NO. The largest absolute Gasteiger partial charge is 0.409 e. The van der Waals surface area contributed by atoms with Gasteiger partial charge in [0.25, 0.3) is 0 Å². The molecule has 0 radical (unpaired) electrons. The molecule has 0 aromatic heterocycles. The van der Waals surface area contributed by atoms with Gasteiger partial charge in [0.15, 0.2) is 0 Å². The Labute approximate surface area is 84.8 Å². The van der Waals surface area contributed by atoms with E-state index in [1.807, 2.05) is 11.8 Å². The predicted octanol–water partition coefficient (Wildman–Crippen LogP) is 2.29. The van der Waals surface area contributed by atoms with Crippen molar-refractivity contribution in [2.24, 2.45) is 16.8 Å². The Morgan fingerprint density at radius 1 is 1.62 bits per heavy atom. The van der Waals surface area contributed by atoms with E-state index in [-0.39, 0.29) is 0 Å². The molecule has 0 aliphatic rings. The normalized spacial score (nSPS) is 14.5. The lowest BCUT2D eigenvalue weighted by Crippen LogP contribution is -2.11. The second-order valence-electron chi connectivity index (χ2n) is 3.28. The van der Waals surface area contributed by atoms with Crippen molar-refractivity contribution in [2.45, 2.75) is 33.1 Å². The van der Waals surface area contributed by atoms with E-state index in [2.05, 4.69) is 19.0 Å². The molecule has 0 aromatic rings. The van der Waals surface area contributed by atoms with Gasteiger partial charge >= 0.3 is 0 Å². The van der Waals surface area contributed by atoms with Gasteiger partial charge in [0.1, 0.15) is 5.84 Å². The van der Waals surface area contributed by atoms with Crippen LogP contribution in [-0.4, -0.2) is 22.5 Å². The second kappa shape index (κ2) is 8.23. The van der Waals surface area contributed by atoms with Crippen LogP contribution in [0.2, 0.25) is 0 Å². The fourth-order valence-corrected chi connectivity index (χ4v) is 1.96. The molecule has 3 N–H and O–H groups in total. The number of nitrogens with zero attached hydrogens (tertiary/aromatic N) is 1. The summed E-state index contributed by atoms with van der Waals surface area (Å²) in [7, 11) is 0. The average Bonchev–Trinajstić information content (AvgIpc) is 2.16. The first kappa shape index (κ1) is 12.6. The van der Waals surface area contributed by atoms with Crippen LogP contribution in [0.3, 0.4) is 0 Å². The zero-order chi connectivity index (χ0) is 10.1. The molecule has 0 saturated carbocycles. The first-order chi connectivity index (χ1) is 6.20. The number of rotatable bonds is 7. The molecule has 3 nitrogen and oxygen atoms in total. The first-order valence-electron chi connectivity index (χ1n) is 4.74. The molecule has 0 saturated heterocycles. The number of hydrogen-bond donors (Lipinski definition) is 2. The molecular formula is C9H20N2OS. The highest BCUT2D eigenvalue weighted by Crippen LogP contribution is 2.12. The lowest BCUT2D eigenvalue weighted by atomic mass is 10.2. The molecule has 0 fully saturated rings. The van der Waals surface area contributed by atoms with Crippen molar-refractivity contribution in [1.29, 1.82) is 0 Å². The van der Waals surface area contributed by atoms with Crippen molar-refractivity contribution in [3.05, 3.63) is 0 Å². The number of thioether (sulfide) groups is 1. The predicted molar refractivity (Wildman–Crippen MR) is 59.4 cm³/mol. The highest BCUT2D eigenvalue weighted by molar-refractivity contribution is 7.99. The molecule has 0 aliphatic carbocycles. The topological polar surface area (TPSA) is 58.6 Å². The van der Waals surface area contributed by atoms with Crippen molar-refractivity contribution in [3.63, 3.8) is 0 Å². The Morgan fingerprint density at radius 3 is 2.85 bits per heavy atom. The molecule has 0 amide bonds. The summed E-state index contributed by atoms with van der Waals surface area (Å²) in [5.41, 5.74) is 5.33. The van der Waals surface area contributed by atoms with E-state index in [4.69, 9.17) is 10.9 Å². The van der Waals surface area contributed by atoms with Crippen LogP contribution in [0.25, 0.3) is 0 Å². The standard InChI is InChI=1S/C9H20N2OS/c1-3-8(2)7-13-6-4-5-9(10)11-12/h8,12H,3-7H2,1-2H3,(H2,10,11). The van der Waals surface area contributed by atoms with Crippen LogP contribution in [0.15, 0.2) is 5.16 Å². The van der Waals surface area contributed by atoms with Gasteiger partial charge in [-0.3, -0.25) is 0 Å². The molecule has 0 aliphatic heterocycles. The monoisotopic (exact) mass is 204 g/mol. The van der Waals surface area contributed by atoms with E-state index in [9.17, 15) is 0 Å². The van der Waals surface area contributed by atoms with Crippen LogP contribution in [0.1, 0.15) is 33.1 Å². The summed E-state index contributed by atoms with van der Waals surface area (Å²) in [5, 5.41) is 11.2. The van der Waals surface area contributed by atoms with Gasteiger partial charge in [-0.25, -0.2) is 0 Å². The molecule has 4 heteroatoms. The Bertz CT molecular complexity index is 151. The molecule has 13 heavy (non-hydrogen) atoms. The smallest absolute Gasteiger partial charge is 0.139 e. The molecular weight excluding hydrogens is 184 g/mol. The molecule has 78 valence electrons. The van der Waals surface area contributed by atoms with Gasteiger partial charge in [0.05, 0.1) is 0 Å². The van der Waals surface area contributed by atoms with Gasteiger partial charge < -0.3 is 10.9 Å². The summed E-state index contributed by atoms with van der Waals surface area (Å²) in [6.45, 7) is 4.47. The van der Waals surface area contributed by atoms with Crippen molar-refractivity contribution in [2.75, 3.05) is 11.5 Å². The second-order valence-corrected chi connectivity index (χ2v) is 4.43. The highest BCUT2D eigenvalue weighted by atomic mass is 32.2. The summed E-state index contributed by atoms with van der Waals surface area (Å²) in [4.78, 5) is 0. The van der Waals surface area contributed by atoms with Gasteiger partial charge in [0, 0.05) is 6.42 Å². The maximum Gasteiger partial charge on any atom is 0.139 e. The van der Waals surface area contributed by atoms with Crippen molar-refractivity contribution in [3.8, 4) is 0 Å². The van der Waals surface area contributed by atoms with Crippen LogP contribution in [0.5, 0.6) is 0 Å². The molecule has 0 heterocycles. The van der Waals surface area contributed by atoms with Crippen LogP contribution >= 0.6 is 11.8 Å². The molecule has 1 unspecified atom stereocenters. The summed E-state index contributed by atoms with van der Waals surface area (Å²) in [5.74, 6) is 3.45. The van der Waals surface area contributed by atoms with Gasteiger partial charge in [-0.2, -0.15) is 11.8 Å². The molecule has 0 spiro atoms. The van der Waals surface area contributed by atoms with Gasteiger partial charge in [-0.05, 0) is 23.8 Å². The van der Waals surface area contributed by atoms with E-state index in [0.717, 1.165) is 18.1 Å².